The van der Waals surface area contributed by atoms with Gasteiger partial charge >= 0.3 is 12.1 Å². The highest BCUT2D eigenvalue weighted by atomic mass is 16.6. The molecule has 51 heavy (non-hydrogen) atoms. The maximum atomic E-state index is 13.7. The number of hydrogen-bond donors (Lipinski definition) is 2. The minimum absolute atomic E-state index is 0.0854. The normalized spacial score (nSPS) is 14.9. The van der Waals surface area contributed by atoms with Gasteiger partial charge in [0.05, 0.1) is 19.6 Å². The quantitative estimate of drug-likeness (QED) is 0.163. The van der Waals surface area contributed by atoms with Gasteiger partial charge in [-0.3, -0.25) is 19.3 Å². The van der Waals surface area contributed by atoms with E-state index in [9.17, 15) is 24.3 Å². The molecule has 268 valence electrons. The number of carbonyl (C=O) groups is 4. The van der Waals surface area contributed by atoms with E-state index in [0.717, 1.165) is 27.5 Å². The Balaban J connectivity index is 1.26. The molecule has 0 aliphatic carbocycles. The molecule has 1 aliphatic heterocycles. The van der Waals surface area contributed by atoms with Crippen molar-refractivity contribution >= 4 is 40.5 Å². The summed E-state index contributed by atoms with van der Waals surface area (Å²) in [6, 6.07) is 20.9. The molecule has 5 rings (SSSR count). The lowest BCUT2D eigenvalue weighted by atomic mass is 9.95. The third-order valence-corrected chi connectivity index (χ3v) is 8.88. The van der Waals surface area contributed by atoms with E-state index in [1.54, 1.807) is 44.0 Å². The fraction of sp³-hybridized carbons (Fsp3) is 0.375. The second kappa shape index (κ2) is 16.1. The van der Waals surface area contributed by atoms with Gasteiger partial charge in [0.2, 0.25) is 11.8 Å². The van der Waals surface area contributed by atoms with E-state index >= 15 is 0 Å². The summed E-state index contributed by atoms with van der Waals surface area (Å²) in [5.74, 6) is -0.373. The molecule has 3 aromatic carbocycles. The first-order valence-corrected chi connectivity index (χ1v) is 17.3. The average Bonchev–Trinajstić information content (AvgIpc) is 3.60. The number of benzene rings is 3. The number of rotatable bonds is 11. The number of anilines is 1. The number of aromatic hydroxyl groups is 1. The summed E-state index contributed by atoms with van der Waals surface area (Å²) in [6.07, 6.45) is 2.61. The van der Waals surface area contributed by atoms with E-state index in [-0.39, 0.29) is 37.0 Å². The van der Waals surface area contributed by atoms with Crippen LogP contribution < -0.4 is 10.2 Å². The van der Waals surface area contributed by atoms with Crippen LogP contribution in [0.25, 0.3) is 21.9 Å². The fourth-order valence-corrected chi connectivity index (χ4v) is 6.35. The highest BCUT2D eigenvalue weighted by Gasteiger charge is 2.35. The lowest BCUT2D eigenvalue weighted by Crippen LogP contribution is -2.47. The van der Waals surface area contributed by atoms with E-state index in [2.05, 4.69) is 10.3 Å². The topological polar surface area (TPSA) is 138 Å². The summed E-state index contributed by atoms with van der Waals surface area (Å²) in [5.41, 5.74) is 2.79. The Hall–Kier alpha value is -5.45. The number of phenols is 1. The van der Waals surface area contributed by atoms with Crippen LogP contribution in [0.5, 0.6) is 5.75 Å². The number of phenolic OH excluding ortho intramolecular Hbond substituents is 1. The Kier molecular flexibility index (Phi) is 11.6. The van der Waals surface area contributed by atoms with Crippen LogP contribution >= 0.6 is 0 Å². The number of amides is 3. The zero-order valence-corrected chi connectivity index (χ0v) is 29.8. The number of aromatic nitrogens is 1. The van der Waals surface area contributed by atoms with Crippen molar-refractivity contribution in [2.45, 2.75) is 77.5 Å². The van der Waals surface area contributed by atoms with E-state index in [1.807, 2.05) is 67.6 Å². The minimum Gasteiger partial charge on any atom is -0.507 e. The van der Waals surface area contributed by atoms with Crippen LogP contribution in [0.2, 0.25) is 0 Å². The molecule has 0 radical (unpaired) electrons. The summed E-state index contributed by atoms with van der Waals surface area (Å²) in [5, 5.41) is 15.0. The highest BCUT2D eigenvalue weighted by molar-refractivity contribution is 6.00. The summed E-state index contributed by atoms with van der Waals surface area (Å²) in [4.78, 5) is 60.2. The average molecular weight is 695 g/mol. The Labute approximate surface area is 298 Å². The van der Waals surface area contributed by atoms with Crippen molar-refractivity contribution < 1.29 is 33.8 Å². The minimum atomic E-state index is -0.708. The van der Waals surface area contributed by atoms with E-state index < -0.39 is 29.7 Å². The van der Waals surface area contributed by atoms with Crippen molar-refractivity contribution in [1.82, 2.24) is 15.2 Å². The lowest BCUT2D eigenvalue weighted by molar-refractivity contribution is -0.142. The fourth-order valence-electron chi connectivity index (χ4n) is 6.35. The maximum absolute atomic E-state index is 13.7. The number of carbonyl (C=O) groups excluding carboxylic acids is 4. The Morgan fingerprint density at radius 3 is 2.43 bits per heavy atom. The third kappa shape index (κ3) is 9.22. The van der Waals surface area contributed by atoms with Crippen molar-refractivity contribution in [2.75, 3.05) is 25.1 Å². The second-order valence-electron chi connectivity index (χ2n) is 13.8. The van der Waals surface area contributed by atoms with E-state index in [0.29, 0.717) is 37.2 Å². The van der Waals surface area contributed by atoms with Gasteiger partial charge in [0.25, 0.3) is 0 Å². The largest absolute Gasteiger partial charge is 0.507 e. The second-order valence-corrected chi connectivity index (χ2v) is 13.8. The van der Waals surface area contributed by atoms with Crippen LogP contribution in [0.3, 0.4) is 0 Å². The third-order valence-electron chi connectivity index (χ3n) is 8.88. The summed E-state index contributed by atoms with van der Waals surface area (Å²) >= 11 is 0. The van der Waals surface area contributed by atoms with Crippen LogP contribution in [0.15, 0.2) is 79.0 Å². The number of methoxy groups -OCH3 is 1. The van der Waals surface area contributed by atoms with Crippen molar-refractivity contribution in [3.05, 3.63) is 90.1 Å². The first-order valence-electron chi connectivity index (χ1n) is 17.3. The number of nitrogens with one attached hydrogen (secondary N) is 1. The number of hydrogen-bond acceptors (Lipinski definition) is 8. The molecule has 11 heteroatoms. The molecule has 11 nitrogen and oxygen atoms in total. The summed E-state index contributed by atoms with van der Waals surface area (Å²) in [6.45, 7) is 7.92. The van der Waals surface area contributed by atoms with Gasteiger partial charge in [-0.05, 0) is 92.8 Å². The monoisotopic (exact) mass is 694 g/mol. The zero-order chi connectivity index (χ0) is 36.7. The predicted molar refractivity (Wildman–Crippen MR) is 195 cm³/mol. The maximum Gasteiger partial charge on any atom is 0.416 e. The number of ether oxygens (including phenoxy) is 2. The molecule has 1 saturated heterocycles. The number of fused-ring (bicyclic) bond motifs is 1. The molecular formula is C40H46N4O7. The van der Waals surface area contributed by atoms with Crippen LogP contribution in [-0.2, 0) is 23.9 Å². The van der Waals surface area contributed by atoms with E-state index in [1.165, 1.54) is 12.0 Å². The molecule has 2 atom stereocenters. The smallest absolute Gasteiger partial charge is 0.416 e. The Bertz CT molecular complexity index is 1890. The van der Waals surface area contributed by atoms with Gasteiger partial charge in [0, 0.05) is 31.1 Å². The molecule has 1 fully saturated rings. The molecular weight excluding hydrogens is 648 g/mol. The predicted octanol–water partition coefficient (Wildman–Crippen LogP) is 6.85. The zero-order valence-electron chi connectivity index (χ0n) is 29.8. The van der Waals surface area contributed by atoms with Crippen LogP contribution in [0, 0.1) is 6.92 Å². The molecule has 0 saturated carbocycles. The first kappa shape index (κ1) is 36.8. The van der Waals surface area contributed by atoms with Crippen LogP contribution in [0.4, 0.5) is 10.6 Å². The molecule has 2 N–H and O–H groups in total. The van der Waals surface area contributed by atoms with Gasteiger partial charge in [-0.1, -0.05) is 54.6 Å². The number of pyridine rings is 1. The molecule has 2 heterocycles. The SMILES string of the molecule is COC(=O)C[C@H](NC(=O)[C@@H]1CCCN1C(=O)CCCN(C(=O)OC(C)(C)C)c1cc(C)ccn1)c1ccc(-c2ccc(O)c3ccccc23)cc1. The van der Waals surface area contributed by atoms with Crippen molar-refractivity contribution in [1.29, 1.82) is 0 Å². The molecule has 1 aliphatic rings. The van der Waals surface area contributed by atoms with Gasteiger partial charge in [-0.25, -0.2) is 9.78 Å². The number of nitrogens with zero attached hydrogens (tertiary/aromatic N) is 3. The van der Waals surface area contributed by atoms with Gasteiger partial charge in [0.1, 0.15) is 23.2 Å². The van der Waals surface area contributed by atoms with Crippen LogP contribution in [-0.4, -0.2) is 70.7 Å². The molecule has 1 aromatic heterocycles. The summed E-state index contributed by atoms with van der Waals surface area (Å²) in [7, 11) is 1.30. The Morgan fingerprint density at radius 1 is 1.02 bits per heavy atom. The van der Waals surface area contributed by atoms with Gasteiger partial charge < -0.3 is 24.8 Å². The number of likely N-dealkylation sites (tertiary alicyclic amines) is 1. The van der Waals surface area contributed by atoms with Crippen molar-refractivity contribution in [3.8, 4) is 16.9 Å². The molecule has 0 spiro atoms. The molecule has 0 unspecified atom stereocenters. The molecule has 3 amide bonds. The van der Waals surface area contributed by atoms with Crippen LogP contribution in [0.1, 0.15) is 70.0 Å². The first-order chi connectivity index (χ1) is 24.3. The summed E-state index contributed by atoms with van der Waals surface area (Å²) < 4.78 is 10.6. The van der Waals surface area contributed by atoms with Gasteiger partial charge in [-0.15, -0.1) is 0 Å². The van der Waals surface area contributed by atoms with E-state index in [4.69, 9.17) is 9.47 Å². The number of aryl methyl sites for hydroxylation is 1. The van der Waals surface area contributed by atoms with Gasteiger partial charge in [-0.2, -0.15) is 0 Å². The molecule has 0 bridgehead atoms. The standard InChI is InChI=1S/C40H46N4O7/c1-26-20-21-41-35(24-26)44(39(49)51-40(2,3)4)23-9-13-36(46)43-22-8-12-33(43)38(48)42-32(25-37(47)50-5)28-16-14-27(15-17-28)29-18-19-34(45)31-11-7-6-10-30(29)31/h6-7,10-11,14-21,24,32-33,45H,8-9,12-13,22-23,25H2,1-5H3,(H,42,48)/t32-,33-/m0/s1. The molecule has 4 aromatic rings. The Morgan fingerprint density at radius 2 is 1.75 bits per heavy atom. The van der Waals surface area contributed by atoms with Crippen molar-refractivity contribution in [2.24, 2.45) is 0 Å². The van der Waals surface area contributed by atoms with Crippen molar-refractivity contribution in [3.63, 3.8) is 0 Å². The lowest BCUT2D eigenvalue weighted by Gasteiger charge is -2.28. The van der Waals surface area contributed by atoms with Gasteiger partial charge in [0.15, 0.2) is 0 Å². The highest BCUT2D eigenvalue weighted by Crippen LogP contribution is 2.34. The number of esters is 1.